The minimum Gasteiger partial charge on any atom is -0.476 e. The number of hydrogen-bond donors (Lipinski definition) is 1. The SMILES string of the molecule is CC(C)N(CCC#N)c1nc(C(=O)O)co1. The van der Waals surface area contributed by atoms with Crippen LogP contribution < -0.4 is 4.90 Å². The summed E-state index contributed by atoms with van der Waals surface area (Å²) >= 11 is 0. The summed E-state index contributed by atoms with van der Waals surface area (Å²) in [7, 11) is 0. The molecule has 1 N–H and O–H groups in total. The van der Waals surface area contributed by atoms with Crippen LogP contribution in [0.4, 0.5) is 6.01 Å². The Labute approximate surface area is 93.1 Å². The Bertz CT molecular complexity index is 406. The maximum atomic E-state index is 10.6. The van der Waals surface area contributed by atoms with Gasteiger partial charge in [0.25, 0.3) is 6.01 Å². The van der Waals surface area contributed by atoms with Gasteiger partial charge in [0, 0.05) is 12.6 Å². The molecule has 6 heteroatoms. The third-order valence-electron chi connectivity index (χ3n) is 2.04. The van der Waals surface area contributed by atoms with Crippen molar-refractivity contribution in [1.29, 1.82) is 5.26 Å². The van der Waals surface area contributed by atoms with E-state index in [0.29, 0.717) is 13.0 Å². The van der Waals surface area contributed by atoms with Crippen molar-refractivity contribution < 1.29 is 14.3 Å². The Morgan fingerprint density at radius 3 is 2.88 bits per heavy atom. The molecule has 0 radical (unpaired) electrons. The summed E-state index contributed by atoms with van der Waals surface area (Å²) in [6.45, 7) is 4.30. The lowest BCUT2D eigenvalue weighted by molar-refractivity contribution is 0.0690. The van der Waals surface area contributed by atoms with Gasteiger partial charge in [-0.2, -0.15) is 10.2 Å². The minimum absolute atomic E-state index is 0.0913. The summed E-state index contributed by atoms with van der Waals surface area (Å²) in [5, 5.41) is 17.2. The average Bonchev–Trinajstić information content (AvgIpc) is 2.67. The highest BCUT2D eigenvalue weighted by molar-refractivity contribution is 5.85. The third kappa shape index (κ3) is 2.73. The summed E-state index contributed by atoms with van der Waals surface area (Å²) in [6, 6.07) is 2.35. The molecule has 0 saturated carbocycles. The van der Waals surface area contributed by atoms with Crippen LogP contribution in [0.25, 0.3) is 0 Å². The van der Waals surface area contributed by atoms with Gasteiger partial charge in [-0.3, -0.25) is 0 Å². The molecule has 0 atom stereocenters. The van der Waals surface area contributed by atoms with E-state index < -0.39 is 5.97 Å². The Balaban J connectivity index is 2.85. The molecular formula is C10H13N3O3. The van der Waals surface area contributed by atoms with Crippen molar-refractivity contribution >= 4 is 12.0 Å². The maximum Gasteiger partial charge on any atom is 0.357 e. The molecular weight excluding hydrogens is 210 g/mol. The monoisotopic (exact) mass is 223 g/mol. The molecule has 6 nitrogen and oxygen atoms in total. The second-order valence-corrected chi connectivity index (χ2v) is 3.52. The molecule has 1 rings (SSSR count). The second-order valence-electron chi connectivity index (χ2n) is 3.52. The molecule has 86 valence electrons. The van der Waals surface area contributed by atoms with E-state index in [-0.39, 0.29) is 17.8 Å². The standard InChI is InChI=1S/C10H13N3O3/c1-7(2)13(5-3-4-11)10-12-8(6-16-10)9(14)15/h6-7H,3,5H2,1-2H3,(H,14,15). The number of carboxylic acids is 1. The van der Waals surface area contributed by atoms with Crippen LogP contribution in [0.5, 0.6) is 0 Å². The second kappa shape index (κ2) is 5.16. The quantitative estimate of drug-likeness (QED) is 0.813. The molecule has 0 spiro atoms. The zero-order chi connectivity index (χ0) is 12.1. The Hall–Kier alpha value is -2.03. The van der Waals surface area contributed by atoms with Crippen molar-refractivity contribution in [2.45, 2.75) is 26.3 Å². The first-order valence-electron chi connectivity index (χ1n) is 4.88. The summed E-state index contributed by atoms with van der Waals surface area (Å²) in [5.74, 6) is -1.13. The average molecular weight is 223 g/mol. The molecule has 0 aliphatic carbocycles. The third-order valence-corrected chi connectivity index (χ3v) is 2.04. The van der Waals surface area contributed by atoms with Crippen molar-refractivity contribution in [2.75, 3.05) is 11.4 Å². The van der Waals surface area contributed by atoms with Crippen LogP contribution >= 0.6 is 0 Å². The molecule has 1 aromatic rings. The molecule has 0 saturated heterocycles. The Kier molecular flexibility index (Phi) is 3.89. The van der Waals surface area contributed by atoms with Crippen LogP contribution in [0.1, 0.15) is 30.8 Å². The first-order chi connectivity index (χ1) is 7.56. The molecule has 1 heterocycles. The van der Waals surface area contributed by atoms with Gasteiger partial charge in [0.15, 0.2) is 5.69 Å². The van der Waals surface area contributed by atoms with Gasteiger partial charge in [-0.05, 0) is 13.8 Å². The van der Waals surface area contributed by atoms with Crippen LogP contribution in [-0.2, 0) is 0 Å². The lowest BCUT2D eigenvalue weighted by atomic mass is 10.3. The van der Waals surface area contributed by atoms with Crippen LogP contribution in [0, 0.1) is 11.3 Å². The normalized spacial score (nSPS) is 10.1. The number of aromatic nitrogens is 1. The number of nitrogens with zero attached hydrogens (tertiary/aromatic N) is 3. The van der Waals surface area contributed by atoms with Crippen LogP contribution in [0.15, 0.2) is 10.7 Å². The fraction of sp³-hybridized carbons (Fsp3) is 0.500. The number of carboxylic acid groups (broad SMARTS) is 1. The van der Waals surface area contributed by atoms with E-state index in [1.54, 1.807) is 4.90 Å². The summed E-state index contributed by atoms with van der Waals surface area (Å²) in [5.41, 5.74) is -0.127. The molecule has 0 fully saturated rings. The summed E-state index contributed by atoms with van der Waals surface area (Å²) in [4.78, 5) is 16.2. The minimum atomic E-state index is -1.13. The molecule has 0 aliphatic rings. The highest BCUT2D eigenvalue weighted by Gasteiger charge is 2.18. The van der Waals surface area contributed by atoms with Gasteiger partial charge in [0.1, 0.15) is 6.26 Å². The zero-order valence-corrected chi connectivity index (χ0v) is 9.17. The fourth-order valence-corrected chi connectivity index (χ4v) is 1.24. The largest absolute Gasteiger partial charge is 0.476 e. The number of oxazole rings is 1. The van der Waals surface area contributed by atoms with Crippen molar-refractivity contribution in [3.05, 3.63) is 12.0 Å². The number of aromatic carboxylic acids is 1. The van der Waals surface area contributed by atoms with Gasteiger partial charge in [0.2, 0.25) is 0 Å². The van der Waals surface area contributed by atoms with E-state index in [2.05, 4.69) is 4.98 Å². The van der Waals surface area contributed by atoms with Gasteiger partial charge in [-0.1, -0.05) is 0 Å². The highest BCUT2D eigenvalue weighted by atomic mass is 16.4. The van der Waals surface area contributed by atoms with Gasteiger partial charge in [-0.15, -0.1) is 0 Å². The molecule has 0 aromatic carbocycles. The van der Waals surface area contributed by atoms with E-state index >= 15 is 0 Å². The van der Waals surface area contributed by atoms with E-state index in [4.69, 9.17) is 14.8 Å². The lowest BCUT2D eigenvalue weighted by Crippen LogP contribution is -2.31. The van der Waals surface area contributed by atoms with Crippen molar-refractivity contribution in [3.8, 4) is 6.07 Å². The van der Waals surface area contributed by atoms with E-state index in [1.165, 1.54) is 0 Å². The summed E-state index contributed by atoms with van der Waals surface area (Å²) < 4.78 is 5.07. The number of nitriles is 1. The van der Waals surface area contributed by atoms with E-state index in [0.717, 1.165) is 6.26 Å². The van der Waals surface area contributed by atoms with Crippen molar-refractivity contribution in [2.24, 2.45) is 0 Å². The molecule has 1 aromatic heterocycles. The Morgan fingerprint density at radius 1 is 1.75 bits per heavy atom. The van der Waals surface area contributed by atoms with Crippen LogP contribution in [-0.4, -0.2) is 28.6 Å². The summed E-state index contributed by atoms with van der Waals surface area (Å²) in [6.07, 6.45) is 1.43. The number of carbonyl (C=O) groups is 1. The highest BCUT2D eigenvalue weighted by Crippen LogP contribution is 2.16. The maximum absolute atomic E-state index is 10.6. The lowest BCUT2D eigenvalue weighted by Gasteiger charge is -2.23. The van der Waals surface area contributed by atoms with Gasteiger partial charge in [0.05, 0.1) is 12.5 Å². The van der Waals surface area contributed by atoms with Crippen molar-refractivity contribution in [1.82, 2.24) is 4.98 Å². The smallest absolute Gasteiger partial charge is 0.357 e. The molecule has 16 heavy (non-hydrogen) atoms. The van der Waals surface area contributed by atoms with Gasteiger partial charge < -0.3 is 14.4 Å². The first-order valence-corrected chi connectivity index (χ1v) is 4.88. The first kappa shape index (κ1) is 12.0. The Morgan fingerprint density at radius 2 is 2.44 bits per heavy atom. The van der Waals surface area contributed by atoms with Gasteiger partial charge in [-0.25, -0.2) is 4.79 Å². The molecule has 0 unspecified atom stereocenters. The van der Waals surface area contributed by atoms with E-state index in [1.807, 2.05) is 19.9 Å². The van der Waals surface area contributed by atoms with Crippen LogP contribution in [0.2, 0.25) is 0 Å². The number of anilines is 1. The number of rotatable bonds is 5. The molecule has 0 amide bonds. The zero-order valence-electron chi connectivity index (χ0n) is 9.17. The van der Waals surface area contributed by atoms with E-state index in [9.17, 15) is 4.79 Å². The predicted molar refractivity (Wildman–Crippen MR) is 56.2 cm³/mol. The fourth-order valence-electron chi connectivity index (χ4n) is 1.24. The number of hydrogen-bond acceptors (Lipinski definition) is 5. The predicted octanol–water partition coefficient (Wildman–Crippen LogP) is 1.50. The topological polar surface area (TPSA) is 90.4 Å². The van der Waals surface area contributed by atoms with Crippen LogP contribution in [0.3, 0.4) is 0 Å². The molecule has 0 bridgehead atoms. The van der Waals surface area contributed by atoms with Gasteiger partial charge >= 0.3 is 5.97 Å². The molecule has 0 aliphatic heterocycles. The van der Waals surface area contributed by atoms with Crippen molar-refractivity contribution in [3.63, 3.8) is 0 Å².